The van der Waals surface area contributed by atoms with Crippen LogP contribution in [0.2, 0.25) is 0 Å². The number of nitrogens with one attached hydrogen (secondary N) is 2. The first-order valence-corrected chi connectivity index (χ1v) is 9.24. The Labute approximate surface area is 156 Å². The highest BCUT2D eigenvalue weighted by Crippen LogP contribution is 2.53. The van der Waals surface area contributed by atoms with Gasteiger partial charge in [0.15, 0.2) is 0 Å². The van der Waals surface area contributed by atoms with Gasteiger partial charge in [-0.2, -0.15) is 0 Å². The van der Waals surface area contributed by atoms with E-state index in [-0.39, 0.29) is 24.1 Å². The Kier molecular flexibility index (Phi) is 4.03. The number of hydrogen-bond acceptors (Lipinski definition) is 5. The zero-order valence-electron chi connectivity index (χ0n) is 15.0. The van der Waals surface area contributed by atoms with Crippen LogP contribution in [0.4, 0.5) is 5.69 Å². The minimum atomic E-state index is -1.35. The quantitative estimate of drug-likeness (QED) is 0.634. The molecule has 4 atom stereocenters. The molecule has 27 heavy (non-hydrogen) atoms. The van der Waals surface area contributed by atoms with Gasteiger partial charge in [0.2, 0.25) is 23.6 Å². The molecular formula is C19H22N4O4. The van der Waals surface area contributed by atoms with E-state index in [1.807, 2.05) is 6.92 Å². The number of anilines is 1. The van der Waals surface area contributed by atoms with E-state index in [1.165, 1.54) is 4.90 Å². The van der Waals surface area contributed by atoms with Crippen LogP contribution in [0.15, 0.2) is 24.3 Å². The Morgan fingerprint density at radius 2 is 1.96 bits per heavy atom. The van der Waals surface area contributed by atoms with Crippen LogP contribution in [-0.4, -0.2) is 41.1 Å². The van der Waals surface area contributed by atoms with Crippen LogP contribution in [0.1, 0.15) is 31.7 Å². The van der Waals surface area contributed by atoms with E-state index in [4.69, 9.17) is 5.73 Å². The van der Waals surface area contributed by atoms with E-state index >= 15 is 0 Å². The van der Waals surface area contributed by atoms with Crippen LogP contribution < -0.4 is 16.4 Å². The number of carbonyl (C=O) groups excluding carboxylic acids is 4. The summed E-state index contributed by atoms with van der Waals surface area (Å²) in [5, 5.41) is 5.97. The molecule has 2 saturated heterocycles. The minimum absolute atomic E-state index is 0.112. The summed E-state index contributed by atoms with van der Waals surface area (Å²) in [6.45, 7) is 2.30. The average Bonchev–Trinajstić information content (AvgIpc) is 3.19. The van der Waals surface area contributed by atoms with Crippen molar-refractivity contribution in [2.24, 2.45) is 17.6 Å². The molecule has 0 bridgehead atoms. The van der Waals surface area contributed by atoms with Gasteiger partial charge in [-0.05, 0) is 12.5 Å². The number of rotatable bonds is 5. The Hall–Kier alpha value is -2.74. The van der Waals surface area contributed by atoms with Gasteiger partial charge < -0.3 is 11.1 Å². The van der Waals surface area contributed by atoms with Gasteiger partial charge in [-0.1, -0.05) is 31.5 Å². The number of likely N-dealkylation sites (tertiary alicyclic amines) is 1. The van der Waals surface area contributed by atoms with Gasteiger partial charge in [-0.15, -0.1) is 0 Å². The van der Waals surface area contributed by atoms with Gasteiger partial charge in [-0.3, -0.25) is 29.4 Å². The van der Waals surface area contributed by atoms with Crippen molar-refractivity contribution in [3.05, 3.63) is 29.8 Å². The number of benzene rings is 1. The number of nitrogens with zero attached hydrogens (tertiary/aromatic N) is 1. The molecular weight excluding hydrogens is 348 g/mol. The summed E-state index contributed by atoms with van der Waals surface area (Å²) in [4.78, 5) is 52.1. The van der Waals surface area contributed by atoms with Crippen LogP contribution in [-0.2, 0) is 24.7 Å². The van der Waals surface area contributed by atoms with Crippen molar-refractivity contribution in [3.8, 4) is 0 Å². The van der Waals surface area contributed by atoms with Gasteiger partial charge in [0.1, 0.15) is 5.54 Å². The third kappa shape index (κ3) is 2.32. The number of primary amides is 1. The summed E-state index contributed by atoms with van der Waals surface area (Å²) in [5.41, 5.74) is 5.27. The average molecular weight is 370 g/mol. The topological polar surface area (TPSA) is 122 Å². The van der Waals surface area contributed by atoms with Crippen molar-refractivity contribution in [2.45, 2.75) is 37.8 Å². The molecule has 0 radical (unpaired) electrons. The van der Waals surface area contributed by atoms with E-state index in [1.54, 1.807) is 24.3 Å². The van der Waals surface area contributed by atoms with Crippen molar-refractivity contribution < 1.29 is 19.2 Å². The molecule has 8 nitrogen and oxygen atoms in total. The van der Waals surface area contributed by atoms with Gasteiger partial charge in [0, 0.05) is 30.3 Å². The van der Waals surface area contributed by atoms with E-state index in [0.717, 1.165) is 6.42 Å². The number of amides is 4. The van der Waals surface area contributed by atoms with Crippen LogP contribution in [0.5, 0.6) is 0 Å². The molecule has 0 saturated carbocycles. The maximum atomic E-state index is 13.2. The van der Waals surface area contributed by atoms with Crippen molar-refractivity contribution in [3.63, 3.8) is 0 Å². The molecule has 4 amide bonds. The number of para-hydroxylation sites is 1. The first-order chi connectivity index (χ1) is 12.9. The fraction of sp³-hybridized carbons (Fsp3) is 0.474. The Balaban J connectivity index is 1.83. The third-order valence-electron chi connectivity index (χ3n) is 5.87. The molecule has 3 heterocycles. The smallest absolute Gasteiger partial charge is 0.250 e. The standard InChI is InChI=1S/C19H22N4O4/c1-2-3-8-23-16(25)14-12(9-13(20)24)22-19(15(14)17(23)26)10-6-4-5-7-11(10)21-18(19)27/h4-7,12,14-15,22H,2-3,8-9H2,1H3,(H2,20,24)(H,21,27)/t12-,14+,15+,19-/m0/s1. The highest BCUT2D eigenvalue weighted by atomic mass is 16.2. The summed E-state index contributed by atoms with van der Waals surface area (Å²) in [6.07, 6.45) is 1.42. The number of nitrogens with two attached hydrogens (primary N) is 1. The molecule has 4 N–H and O–H groups in total. The Morgan fingerprint density at radius 1 is 1.22 bits per heavy atom. The maximum absolute atomic E-state index is 13.2. The summed E-state index contributed by atoms with van der Waals surface area (Å²) in [5.74, 6) is -3.30. The number of hydrogen-bond donors (Lipinski definition) is 3. The number of carbonyl (C=O) groups is 4. The highest BCUT2D eigenvalue weighted by Gasteiger charge is 2.70. The number of fused-ring (bicyclic) bond motifs is 4. The minimum Gasteiger partial charge on any atom is -0.370 e. The van der Waals surface area contributed by atoms with Crippen molar-refractivity contribution in [1.82, 2.24) is 10.2 Å². The van der Waals surface area contributed by atoms with E-state index in [0.29, 0.717) is 24.2 Å². The zero-order valence-corrected chi connectivity index (χ0v) is 15.0. The second-order valence-corrected chi connectivity index (χ2v) is 7.41. The van der Waals surface area contributed by atoms with Crippen LogP contribution in [0.25, 0.3) is 0 Å². The lowest BCUT2D eigenvalue weighted by molar-refractivity contribution is -0.142. The molecule has 8 heteroatoms. The summed E-state index contributed by atoms with van der Waals surface area (Å²) in [6, 6.07) is 6.45. The van der Waals surface area contributed by atoms with Crippen molar-refractivity contribution in [2.75, 3.05) is 11.9 Å². The SMILES string of the molecule is CCCCN1C(=O)[C@@H]2[C@H](CC(N)=O)N[C@]3(C(=O)Nc4ccccc43)[C@H]2C1=O. The molecule has 0 aliphatic carbocycles. The molecule has 3 aliphatic rings. The van der Waals surface area contributed by atoms with Crippen LogP contribution >= 0.6 is 0 Å². The van der Waals surface area contributed by atoms with Crippen molar-refractivity contribution >= 4 is 29.3 Å². The lowest BCUT2D eigenvalue weighted by Gasteiger charge is -2.29. The molecule has 142 valence electrons. The molecule has 1 spiro atoms. The van der Waals surface area contributed by atoms with Crippen molar-refractivity contribution in [1.29, 1.82) is 0 Å². The molecule has 0 unspecified atom stereocenters. The molecule has 0 aromatic heterocycles. The zero-order chi connectivity index (χ0) is 19.3. The largest absolute Gasteiger partial charge is 0.370 e. The fourth-order valence-electron chi connectivity index (χ4n) is 4.75. The number of imide groups is 1. The summed E-state index contributed by atoms with van der Waals surface area (Å²) >= 11 is 0. The first kappa shape index (κ1) is 17.7. The molecule has 2 fully saturated rings. The summed E-state index contributed by atoms with van der Waals surface area (Å²) in [7, 11) is 0. The Bertz CT molecular complexity index is 854. The lowest BCUT2D eigenvalue weighted by atomic mass is 9.76. The van der Waals surface area contributed by atoms with Gasteiger partial charge >= 0.3 is 0 Å². The second kappa shape index (κ2) is 6.16. The van der Waals surface area contributed by atoms with Gasteiger partial charge in [0.05, 0.1) is 11.8 Å². The van der Waals surface area contributed by atoms with Crippen LogP contribution in [0.3, 0.4) is 0 Å². The predicted molar refractivity (Wildman–Crippen MR) is 96.1 cm³/mol. The Morgan fingerprint density at radius 3 is 2.67 bits per heavy atom. The fourth-order valence-corrected chi connectivity index (χ4v) is 4.75. The molecule has 4 rings (SSSR count). The predicted octanol–water partition coefficient (Wildman–Crippen LogP) is 0.0825. The monoisotopic (exact) mass is 370 g/mol. The molecule has 3 aliphatic heterocycles. The number of unbranched alkanes of at least 4 members (excludes halogenated alkanes) is 1. The lowest BCUT2D eigenvalue weighted by Crippen LogP contribution is -2.53. The highest BCUT2D eigenvalue weighted by molar-refractivity contribution is 6.15. The van der Waals surface area contributed by atoms with Gasteiger partial charge in [-0.25, -0.2) is 0 Å². The van der Waals surface area contributed by atoms with E-state index in [9.17, 15) is 19.2 Å². The van der Waals surface area contributed by atoms with Gasteiger partial charge in [0.25, 0.3) is 0 Å². The van der Waals surface area contributed by atoms with Crippen LogP contribution in [0, 0.1) is 11.8 Å². The summed E-state index contributed by atoms with van der Waals surface area (Å²) < 4.78 is 0. The first-order valence-electron chi connectivity index (χ1n) is 9.24. The molecule has 1 aromatic carbocycles. The molecule has 1 aromatic rings. The second-order valence-electron chi connectivity index (χ2n) is 7.41. The maximum Gasteiger partial charge on any atom is 0.250 e. The normalized spacial score (nSPS) is 31.4. The third-order valence-corrected chi connectivity index (χ3v) is 5.87. The van der Waals surface area contributed by atoms with E-state index < -0.39 is 29.3 Å². The van der Waals surface area contributed by atoms with E-state index in [2.05, 4.69) is 10.6 Å².